The molecule has 3 rings (SSSR count). The molecule has 2 aliphatic rings. The van der Waals surface area contributed by atoms with Gasteiger partial charge in [0.15, 0.2) is 0 Å². The average Bonchev–Trinajstić information content (AvgIpc) is 2.85. The summed E-state index contributed by atoms with van der Waals surface area (Å²) >= 11 is 0. The van der Waals surface area contributed by atoms with Crippen LogP contribution >= 0.6 is 0 Å². The van der Waals surface area contributed by atoms with E-state index in [4.69, 9.17) is 0 Å². The predicted molar refractivity (Wildman–Crippen MR) is 65.9 cm³/mol. The maximum Gasteiger partial charge on any atom is 0.417 e. The average molecular weight is 271 g/mol. The quantitative estimate of drug-likeness (QED) is 0.779. The lowest BCUT2D eigenvalue weighted by atomic mass is 10.0. The normalized spacial score (nSPS) is 27.9. The Morgan fingerprint density at radius 3 is 2.21 bits per heavy atom. The number of alkyl halides is 3. The van der Waals surface area contributed by atoms with Crippen LogP contribution in [-0.4, -0.2) is 43.1 Å². The maximum absolute atomic E-state index is 12.5. The van der Waals surface area contributed by atoms with Crippen molar-refractivity contribution < 1.29 is 13.2 Å². The van der Waals surface area contributed by atoms with E-state index in [1.165, 1.54) is 6.07 Å². The molecule has 104 valence electrons. The zero-order valence-electron chi connectivity index (χ0n) is 10.7. The molecule has 1 aromatic rings. The molecule has 2 atom stereocenters. The van der Waals surface area contributed by atoms with Crippen molar-refractivity contribution in [3.63, 3.8) is 0 Å². The minimum absolute atomic E-state index is 0.620. The number of hydrogen-bond donors (Lipinski definition) is 0. The first kappa shape index (κ1) is 12.7. The lowest BCUT2D eigenvalue weighted by Crippen LogP contribution is -2.27. The van der Waals surface area contributed by atoms with E-state index in [0.717, 1.165) is 38.4 Å². The van der Waals surface area contributed by atoms with E-state index in [0.29, 0.717) is 17.7 Å². The number of anilines is 1. The summed E-state index contributed by atoms with van der Waals surface area (Å²) in [5.74, 6) is 1.90. The van der Waals surface area contributed by atoms with E-state index < -0.39 is 11.7 Å². The van der Waals surface area contributed by atoms with E-state index in [1.807, 2.05) is 0 Å². The number of likely N-dealkylation sites (tertiary alicyclic amines) is 1. The Hall–Kier alpha value is -1.30. The van der Waals surface area contributed by atoms with E-state index >= 15 is 0 Å². The van der Waals surface area contributed by atoms with Crippen LogP contribution in [0.2, 0.25) is 0 Å². The van der Waals surface area contributed by atoms with Gasteiger partial charge < -0.3 is 9.80 Å². The summed E-state index contributed by atoms with van der Waals surface area (Å²) in [5.41, 5.74) is -0.685. The maximum atomic E-state index is 12.5. The van der Waals surface area contributed by atoms with Gasteiger partial charge in [0, 0.05) is 32.4 Å². The predicted octanol–water partition coefficient (Wildman–Crippen LogP) is 2.10. The molecule has 0 radical (unpaired) electrons. The van der Waals surface area contributed by atoms with Crippen LogP contribution in [0.15, 0.2) is 18.3 Å². The van der Waals surface area contributed by atoms with Crippen LogP contribution < -0.4 is 4.90 Å². The van der Waals surface area contributed by atoms with Crippen molar-refractivity contribution in [3.05, 3.63) is 23.9 Å². The zero-order valence-corrected chi connectivity index (χ0v) is 10.7. The number of nitrogens with zero attached hydrogens (tertiary/aromatic N) is 3. The molecule has 0 bridgehead atoms. The Bertz CT molecular complexity index is 443. The molecule has 3 heterocycles. The molecule has 2 aliphatic heterocycles. The Morgan fingerprint density at radius 2 is 1.74 bits per heavy atom. The fourth-order valence-electron chi connectivity index (χ4n) is 3.16. The lowest BCUT2D eigenvalue weighted by molar-refractivity contribution is -0.137. The molecule has 1 aromatic heterocycles. The first-order valence-electron chi connectivity index (χ1n) is 6.40. The molecule has 3 nitrogen and oxygen atoms in total. The molecule has 2 fully saturated rings. The van der Waals surface area contributed by atoms with E-state index in [-0.39, 0.29) is 0 Å². The Labute approximate surface area is 110 Å². The van der Waals surface area contributed by atoms with Gasteiger partial charge in [-0.05, 0) is 31.0 Å². The van der Waals surface area contributed by atoms with E-state index in [2.05, 4.69) is 21.8 Å². The largest absolute Gasteiger partial charge is 0.417 e. The van der Waals surface area contributed by atoms with Crippen molar-refractivity contribution in [2.45, 2.75) is 6.18 Å². The van der Waals surface area contributed by atoms with Crippen molar-refractivity contribution in [2.75, 3.05) is 38.1 Å². The van der Waals surface area contributed by atoms with Gasteiger partial charge >= 0.3 is 6.18 Å². The summed E-state index contributed by atoms with van der Waals surface area (Å²) < 4.78 is 37.4. The first-order chi connectivity index (χ1) is 8.93. The molecule has 0 amide bonds. The van der Waals surface area contributed by atoms with Crippen LogP contribution in [0.3, 0.4) is 0 Å². The van der Waals surface area contributed by atoms with Crippen LogP contribution in [0, 0.1) is 11.8 Å². The van der Waals surface area contributed by atoms with Crippen LogP contribution in [0.5, 0.6) is 0 Å². The van der Waals surface area contributed by atoms with Gasteiger partial charge in [0.2, 0.25) is 0 Å². The minimum atomic E-state index is -4.31. The molecule has 2 saturated heterocycles. The number of halogens is 3. The second kappa shape index (κ2) is 4.37. The molecule has 0 N–H and O–H groups in total. The van der Waals surface area contributed by atoms with Crippen molar-refractivity contribution in [1.29, 1.82) is 0 Å². The Balaban J connectivity index is 1.71. The summed E-state index contributed by atoms with van der Waals surface area (Å²) in [6.07, 6.45) is -3.38. The SMILES string of the molecule is CN1CC2CN(c3ccc(C(F)(F)F)cn3)CC2C1. The third kappa shape index (κ3) is 2.41. The monoisotopic (exact) mass is 271 g/mol. The van der Waals surface area contributed by atoms with Gasteiger partial charge in [-0.2, -0.15) is 13.2 Å². The molecule has 6 heteroatoms. The highest BCUT2D eigenvalue weighted by Crippen LogP contribution is 2.34. The number of pyridine rings is 1. The number of rotatable bonds is 1. The van der Waals surface area contributed by atoms with Crippen molar-refractivity contribution in [3.8, 4) is 0 Å². The van der Waals surface area contributed by atoms with Crippen molar-refractivity contribution in [1.82, 2.24) is 9.88 Å². The molecule has 2 unspecified atom stereocenters. The molecular weight excluding hydrogens is 255 g/mol. The van der Waals surface area contributed by atoms with Crippen LogP contribution in [-0.2, 0) is 6.18 Å². The van der Waals surface area contributed by atoms with Crippen molar-refractivity contribution in [2.24, 2.45) is 11.8 Å². The van der Waals surface area contributed by atoms with Gasteiger partial charge in [-0.25, -0.2) is 4.98 Å². The summed E-state index contributed by atoms with van der Waals surface area (Å²) in [5, 5.41) is 0. The van der Waals surface area contributed by atoms with Gasteiger partial charge in [0.25, 0.3) is 0 Å². The van der Waals surface area contributed by atoms with Crippen LogP contribution in [0.1, 0.15) is 5.56 Å². The summed E-state index contributed by atoms with van der Waals surface area (Å²) in [6, 6.07) is 2.59. The molecule has 19 heavy (non-hydrogen) atoms. The number of aromatic nitrogens is 1. The standard InChI is InChI=1S/C13H16F3N3/c1-18-5-9-7-19(8-10(9)6-18)12-3-2-11(4-17-12)13(14,15)16/h2-4,9-10H,5-8H2,1H3. The van der Waals surface area contributed by atoms with Crippen molar-refractivity contribution >= 4 is 5.82 Å². The highest BCUT2D eigenvalue weighted by Gasteiger charge is 2.39. The molecular formula is C13H16F3N3. The molecule has 0 spiro atoms. The first-order valence-corrected chi connectivity index (χ1v) is 6.40. The van der Waals surface area contributed by atoms with Gasteiger partial charge in [-0.3, -0.25) is 0 Å². The van der Waals surface area contributed by atoms with Gasteiger partial charge in [-0.15, -0.1) is 0 Å². The zero-order chi connectivity index (χ0) is 13.6. The van der Waals surface area contributed by atoms with E-state index in [1.54, 1.807) is 0 Å². The van der Waals surface area contributed by atoms with Crippen LogP contribution in [0.25, 0.3) is 0 Å². The molecule has 0 saturated carbocycles. The van der Waals surface area contributed by atoms with Gasteiger partial charge in [0.1, 0.15) is 5.82 Å². The highest BCUT2D eigenvalue weighted by atomic mass is 19.4. The summed E-state index contributed by atoms with van der Waals surface area (Å²) in [6.45, 7) is 3.93. The molecule has 0 aliphatic carbocycles. The third-order valence-electron chi connectivity index (χ3n) is 4.07. The van der Waals surface area contributed by atoms with Crippen LogP contribution in [0.4, 0.5) is 19.0 Å². The topological polar surface area (TPSA) is 19.4 Å². The highest BCUT2D eigenvalue weighted by molar-refractivity contribution is 5.41. The van der Waals surface area contributed by atoms with Gasteiger partial charge in [0.05, 0.1) is 5.56 Å². The summed E-state index contributed by atoms with van der Waals surface area (Å²) in [7, 11) is 2.11. The smallest absolute Gasteiger partial charge is 0.356 e. The van der Waals surface area contributed by atoms with E-state index in [9.17, 15) is 13.2 Å². The Kier molecular flexibility index (Phi) is 2.92. The number of fused-ring (bicyclic) bond motifs is 1. The lowest BCUT2D eigenvalue weighted by Gasteiger charge is -2.20. The fraction of sp³-hybridized carbons (Fsp3) is 0.615. The summed E-state index contributed by atoms with van der Waals surface area (Å²) in [4.78, 5) is 8.38. The molecule has 0 aromatic carbocycles. The fourth-order valence-corrected chi connectivity index (χ4v) is 3.16. The number of hydrogen-bond acceptors (Lipinski definition) is 3. The third-order valence-corrected chi connectivity index (χ3v) is 4.07. The second-order valence-electron chi connectivity index (χ2n) is 5.55. The Morgan fingerprint density at radius 1 is 1.11 bits per heavy atom. The second-order valence-corrected chi connectivity index (χ2v) is 5.55. The minimum Gasteiger partial charge on any atom is -0.356 e. The van der Waals surface area contributed by atoms with Gasteiger partial charge in [-0.1, -0.05) is 0 Å².